The van der Waals surface area contributed by atoms with Crippen LogP contribution in [-0.2, 0) is 18.9 Å². The Hall–Kier alpha value is -3.46. The van der Waals surface area contributed by atoms with Crippen molar-refractivity contribution in [2.75, 3.05) is 5.32 Å². The van der Waals surface area contributed by atoms with Crippen LogP contribution in [0.25, 0.3) is 16.9 Å². The van der Waals surface area contributed by atoms with E-state index in [2.05, 4.69) is 20.6 Å². The lowest BCUT2D eigenvalue weighted by Gasteiger charge is -2.24. The number of fused-ring (bicyclic) bond motifs is 2. The van der Waals surface area contributed by atoms with Crippen LogP contribution in [0.1, 0.15) is 29.2 Å². The first kappa shape index (κ1) is 18.6. The summed E-state index contributed by atoms with van der Waals surface area (Å²) >= 11 is 5.85. The Morgan fingerprint density at radius 1 is 1.07 bits per heavy atom. The fraction of sp³-hybridized carbons (Fsp3) is 0.250. The van der Waals surface area contributed by atoms with Gasteiger partial charge in [-0.3, -0.25) is 13.9 Å². The molecule has 30 heavy (non-hydrogen) atoms. The number of anilines is 1. The van der Waals surface area contributed by atoms with Gasteiger partial charge < -0.3 is 5.32 Å². The molecule has 10 heteroatoms. The summed E-state index contributed by atoms with van der Waals surface area (Å²) in [5.74, 6) is 0.734. The average Bonchev–Trinajstić information content (AvgIpc) is 3.17. The molecule has 0 bridgehead atoms. The number of carbonyl (C=O) groups is 1. The van der Waals surface area contributed by atoms with E-state index in [0.29, 0.717) is 11.6 Å². The van der Waals surface area contributed by atoms with Gasteiger partial charge in [0.25, 0.3) is 0 Å². The molecule has 0 spiro atoms. The molecule has 1 atom stereocenters. The van der Waals surface area contributed by atoms with E-state index in [1.165, 1.54) is 0 Å². The smallest absolute Gasteiger partial charge is 0.310 e. The molecule has 1 aliphatic rings. The zero-order valence-corrected chi connectivity index (χ0v) is 17.3. The second-order valence-electron chi connectivity index (χ2n) is 7.43. The van der Waals surface area contributed by atoms with Crippen molar-refractivity contribution in [1.82, 2.24) is 29.1 Å². The number of amides is 1. The van der Waals surface area contributed by atoms with E-state index < -0.39 is 0 Å². The van der Waals surface area contributed by atoms with Crippen LogP contribution < -0.4 is 11.0 Å². The quantitative estimate of drug-likeness (QED) is 0.533. The van der Waals surface area contributed by atoms with Crippen molar-refractivity contribution in [2.24, 2.45) is 14.1 Å². The predicted octanol–water partition coefficient (Wildman–Crippen LogP) is 2.29. The Morgan fingerprint density at radius 2 is 1.83 bits per heavy atom. The van der Waals surface area contributed by atoms with E-state index in [-0.39, 0.29) is 29.1 Å². The Balaban J connectivity index is 1.68. The molecule has 0 aliphatic carbocycles. The zero-order valence-electron chi connectivity index (χ0n) is 16.5. The minimum atomic E-state index is -0.192. The summed E-state index contributed by atoms with van der Waals surface area (Å²) in [5.41, 5.74) is 4.23. The second kappa shape index (κ2) is 6.53. The molecule has 0 radical (unpaired) electrons. The fourth-order valence-electron chi connectivity index (χ4n) is 4.16. The summed E-state index contributed by atoms with van der Waals surface area (Å²) in [6.45, 7) is 1.90. The zero-order chi connectivity index (χ0) is 21.2. The number of imidazole rings is 1. The molecule has 3 aromatic heterocycles. The van der Waals surface area contributed by atoms with E-state index in [1.807, 2.05) is 25.1 Å². The van der Waals surface area contributed by atoms with E-state index in [9.17, 15) is 9.59 Å². The van der Waals surface area contributed by atoms with Crippen molar-refractivity contribution in [1.29, 1.82) is 0 Å². The number of carbonyl (C=O) groups excluding carboxylic acids is 1. The summed E-state index contributed by atoms with van der Waals surface area (Å²) in [4.78, 5) is 24.9. The predicted molar refractivity (Wildman–Crippen MR) is 112 cm³/mol. The molecule has 0 saturated carbocycles. The average molecular weight is 424 g/mol. The number of nitrogens with one attached hydrogen (secondary N) is 1. The SMILES string of the molecule is Cc1nn(-c2ccc(Cl)nn2)c2c1C(c1ccc3c(c1)n(C)c(=O)n3C)CC(=O)N2. The second-order valence-corrected chi connectivity index (χ2v) is 7.81. The van der Waals surface area contributed by atoms with Crippen molar-refractivity contribution >= 4 is 34.4 Å². The largest absolute Gasteiger partial charge is 0.328 e. The van der Waals surface area contributed by atoms with Gasteiger partial charge in [0, 0.05) is 32.0 Å². The number of nitrogens with zero attached hydrogens (tertiary/aromatic N) is 6. The van der Waals surface area contributed by atoms with E-state index in [4.69, 9.17) is 11.6 Å². The molecule has 1 unspecified atom stereocenters. The van der Waals surface area contributed by atoms with Crippen LogP contribution in [0.3, 0.4) is 0 Å². The van der Waals surface area contributed by atoms with Crippen molar-refractivity contribution in [3.05, 3.63) is 62.8 Å². The van der Waals surface area contributed by atoms with Crippen molar-refractivity contribution < 1.29 is 4.79 Å². The maximum absolute atomic E-state index is 12.6. The van der Waals surface area contributed by atoms with Crippen LogP contribution in [0.15, 0.2) is 35.1 Å². The highest BCUT2D eigenvalue weighted by Crippen LogP contribution is 2.40. The molecule has 0 fully saturated rings. The third-order valence-corrected chi connectivity index (χ3v) is 5.84. The van der Waals surface area contributed by atoms with Crippen LogP contribution in [0.2, 0.25) is 5.15 Å². The van der Waals surface area contributed by atoms with Gasteiger partial charge in [-0.1, -0.05) is 17.7 Å². The van der Waals surface area contributed by atoms with Crippen molar-refractivity contribution in [2.45, 2.75) is 19.3 Å². The van der Waals surface area contributed by atoms with Crippen LogP contribution in [0, 0.1) is 6.92 Å². The first-order chi connectivity index (χ1) is 14.3. The molecule has 5 rings (SSSR count). The van der Waals surface area contributed by atoms with Crippen LogP contribution in [-0.4, -0.2) is 35.0 Å². The third kappa shape index (κ3) is 2.66. The molecule has 1 aliphatic heterocycles. The Kier molecular flexibility index (Phi) is 4.04. The molecule has 1 aromatic carbocycles. The molecule has 0 saturated heterocycles. The molecule has 1 amide bonds. The number of aromatic nitrogens is 6. The van der Waals surface area contributed by atoms with Crippen molar-refractivity contribution in [3.8, 4) is 5.82 Å². The van der Waals surface area contributed by atoms with Crippen molar-refractivity contribution in [3.63, 3.8) is 0 Å². The van der Waals surface area contributed by atoms with Gasteiger partial charge in [-0.05, 0) is 36.8 Å². The number of benzene rings is 1. The summed E-state index contributed by atoms with van der Waals surface area (Å²) < 4.78 is 4.80. The minimum Gasteiger partial charge on any atom is -0.310 e. The van der Waals surface area contributed by atoms with Gasteiger partial charge in [0.2, 0.25) is 5.91 Å². The highest BCUT2D eigenvalue weighted by atomic mass is 35.5. The molecular formula is C20H18ClN7O2. The molecule has 4 heterocycles. The number of aryl methyl sites for hydroxylation is 3. The van der Waals surface area contributed by atoms with Gasteiger partial charge >= 0.3 is 5.69 Å². The first-order valence-electron chi connectivity index (χ1n) is 9.39. The minimum absolute atomic E-state index is 0.0884. The summed E-state index contributed by atoms with van der Waals surface area (Å²) in [6.07, 6.45) is 0.290. The monoisotopic (exact) mass is 423 g/mol. The first-order valence-corrected chi connectivity index (χ1v) is 9.77. The number of rotatable bonds is 2. The van der Waals surface area contributed by atoms with E-state index in [1.54, 1.807) is 40.0 Å². The lowest BCUT2D eigenvalue weighted by molar-refractivity contribution is -0.116. The highest BCUT2D eigenvalue weighted by Gasteiger charge is 2.33. The summed E-state index contributed by atoms with van der Waals surface area (Å²) in [5, 5.41) is 15.8. The van der Waals surface area contributed by atoms with Gasteiger partial charge in [-0.2, -0.15) is 9.78 Å². The van der Waals surface area contributed by atoms with Crippen LogP contribution in [0.4, 0.5) is 5.82 Å². The number of hydrogen-bond donors (Lipinski definition) is 1. The van der Waals surface area contributed by atoms with Gasteiger partial charge in [-0.15, -0.1) is 10.2 Å². The Bertz CT molecular complexity index is 1380. The normalized spacial score (nSPS) is 16.0. The molecule has 152 valence electrons. The Morgan fingerprint density at radius 3 is 2.57 bits per heavy atom. The summed E-state index contributed by atoms with van der Waals surface area (Å²) in [6, 6.07) is 9.18. The van der Waals surface area contributed by atoms with Gasteiger partial charge in [0.1, 0.15) is 5.82 Å². The van der Waals surface area contributed by atoms with E-state index >= 15 is 0 Å². The molecule has 1 N–H and O–H groups in total. The van der Waals surface area contributed by atoms with Gasteiger partial charge in [-0.25, -0.2) is 4.79 Å². The van der Waals surface area contributed by atoms with Crippen LogP contribution in [0.5, 0.6) is 0 Å². The summed E-state index contributed by atoms with van der Waals surface area (Å²) in [7, 11) is 3.49. The third-order valence-electron chi connectivity index (χ3n) is 5.64. The lowest BCUT2D eigenvalue weighted by atomic mass is 9.85. The number of halogens is 1. The highest BCUT2D eigenvalue weighted by molar-refractivity contribution is 6.29. The standard InChI is InChI=1S/C20H18ClN7O2/c1-10-18-12(11-4-5-13-14(8-11)27(3)20(30)26(13)2)9-17(29)22-19(18)28(25-10)16-7-6-15(21)23-24-16/h4-8,12H,9H2,1-3H3,(H,22,29). The molecule has 9 nitrogen and oxygen atoms in total. The topological polar surface area (TPSA) is 99.6 Å². The lowest BCUT2D eigenvalue weighted by Crippen LogP contribution is -2.25. The maximum Gasteiger partial charge on any atom is 0.328 e. The van der Waals surface area contributed by atoms with E-state index in [0.717, 1.165) is 27.9 Å². The van der Waals surface area contributed by atoms with Crippen LogP contribution >= 0.6 is 11.6 Å². The maximum atomic E-state index is 12.6. The van der Waals surface area contributed by atoms with Gasteiger partial charge in [0.15, 0.2) is 11.0 Å². The molecule has 4 aromatic rings. The number of hydrogen-bond acceptors (Lipinski definition) is 5. The Labute approximate surface area is 175 Å². The fourth-order valence-corrected chi connectivity index (χ4v) is 4.26. The molecular weight excluding hydrogens is 406 g/mol. The van der Waals surface area contributed by atoms with Gasteiger partial charge in [0.05, 0.1) is 16.7 Å².